The van der Waals surface area contributed by atoms with E-state index in [1.54, 1.807) is 50.2 Å². The molecule has 2 aromatic carbocycles. The molecule has 0 aromatic heterocycles. The largest absolute Gasteiger partial charge is 0.398 e. The standard InChI is InChI=1S/C15H18N2O3S/c1-10-3-8-14(16)11(2)15(10)21(19,20)17-13-6-4-12(9-18)5-7-13/h3-8,17-18H,9,16H2,1-2H3. The number of nitrogen functional groups attached to an aromatic ring is 1. The van der Waals surface area contributed by atoms with Gasteiger partial charge in [0.2, 0.25) is 0 Å². The highest BCUT2D eigenvalue weighted by Crippen LogP contribution is 2.26. The van der Waals surface area contributed by atoms with Gasteiger partial charge in [0.25, 0.3) is 10.0 Å². The van der Waals surface area contributed by atoms with Crippen molar-refractivity contribution in [2.45, 2.75) is 25.3 Å². The monoisotopic (exact) mass is 306 g/mol. The molecule has 0 bridgehead atoms. The first-order chi connectivity index (χ1) is 9.85. The fraction of sp³-hybridized carbons (Fsp3) is 0.200. The first kappa shape index (κ1) is 15.3. The Labute approximate surface area is 124 Å². The number of rotatable bonds is 4. The zero-order valence-corrected chi connectivity index (χ0v) is 12.7. The zero-order chi connectivity index (χ0) is 15.6. The summed E-state index contributed by atoms with van der Waals surface area (Å²) in [5, 5.41) is 8.99. The lowest BCUT2D eigenvalue weighted by Gasteiger charge is -2.14. The Morgan fingerprint density at radius 3 is 2.29 bits per heavy atom. The quantitative estimate of drug-likeness (QED) is 0.755. The van der Waals surface area contributed by atoms with Gasteiger partial charge in [-0.05, 0) is 48.7 Å². The van der Waals surface area contributed by atoms with Gasteiger partial charge >= 0.3 is 0 Å². The first-order valence-corrected chi connectivity index (χ1v) is 7.92. The highest BCUT2D eigenvalue weighted by molar-refractivity contribution is 7.92. The van der Waals surface area contributed by atoms with Crippen molar-refractivity contribution in [2.24, 2.45) is 0 Å². The smallest absolute Gasteiger partial charge is 0.262 e. The molecule has 2 aromatic rings. The Morgan fingerprint density at radius 2 is 1.71 bits per heavy atom. The van der Waals surface area contributed by atoms with E-state index in [1.807, 2.05) is 0 Å². The van der Waals surface area contributed by atoms with E-state index in [9.17, 15) is 8.42 Å². The van der Waals surface area contributed by atoms with Crippen LogP contribution in [-0.4, -0.2) is 13.5 Å². The molecular formula is C15H18N2O3S. The summed E-state index contributed by atoms with van der Waals surface area (Å²) in [6, 6.07) is 9.93. The lowest BCUT2D eigenvalue weighted by Crippen LogP contribution is -2.16. The predicted molar refractivity (Wildman–Crippen MR) is 83.5 cm³/mol. The minimum absolute atomic E-state index is 0.0829. The Morgan fingerprint density at radius 1 is 1.10 bits per heavy atom. The predicted octanol–water partition coefficient (Wildman–Crippen LogP) is 2.18. The summed E-state index contributed by atoms with van der Waals surface area (Å²) in [5.74, 6) is 0. The van der Waals surface area contributed by atoms with Crippen LogP contribution >= 0.6 is 0 Å². The maximum absolute atomic E-state index is 12.5. The van der Waals surface area contributed by atoms with Crippen molar-refractivity contribution in [3.8, 4) is 0 Å². The van der Waals surface area contributed by atoms with Crippen LogP contribution in [0.5, 0.6) is 0 Å². The fourth-order valence-corrected chi connectivity index (χ4v) is 3.70. The molecule has 0 fully saturated rings. The highest BCUT2D eigenvalue weighted by atomic mass is 32.2. The van der Waals surface area contributed by atoms with E-state index in [2.05, 4.69) is 4.72 Å². The number of aliphatic hydroxyl groups is 1. The van der Waals surface area contributed by atoms with Crippen LogP contribution in [0.25, 0.3) is 0 Å². The number of benzene rings is 2. The maximum Gasteiger partial charge on any atom is 0.262 e. The van der Waals surface area contributed by atoms with E-state index >= 15 is 0 Å². The summed E-state index contributed by atoms with van der Waals surface area (Å²) in [6.07, 6.45) is 0. The normalized spacial score (nSPS) is 11.4. The van der Waals surface area contributed by atoms with Crippen LogP contribution < -0.4 is 10.5 Å². The van der Waals surface area contributed by atoms with Crippen LogP contribution in [0, 0.1) is 13.8 Å². The number of aliphatic hydroxyl groups excluding tert-OH is 1. The molecule has 0 atom stereocenters. The third-order valence-electron chi connectivity index (χ3n) is 3.30. The second kappa shape index (κ2) is 5.75. The zero-order valence-electron chi connectivity index (χ0n) is 11.9. The number of nitrogens with two attached hydrogens (primary N) is 1. The number of nitrogens with one attached hydrogen (secondary N) is 1. The molecule has 0 heterocycles. The van der Waals surface area contributed by atoms with Crippen molar-refractivity contribution in [3.63, 3.8) is 0 Å². The molecular weight excluding hydrogens is 288 g/mol. The summed E-state index contributed by atoms with van der Waals surface area (Å²) in [5.41, 5.74) is 8.57. The van der Waals surface area contributed by atoms with Gasteiger partial charge in [-0.3, -0.25) is 4.72 Å². The van der Waals surface area contributed by atoms with Crippen LogP contribution in [0.2, 0.25) is 0 Å². The number of hydrogen-bond donors (Lipinski definition) is 3. The van der Waals surface area contributed by atoms with Gasteiger partial charge in [-0.15, -0.1) is 0 Å². The second-order valence-electron chi connectivity index (χ2n) is 4.89. The van der Waals surface area contributed by atoms with Crippen molar-refractivity contribution < 1.29 is 13.5 Å². The fourth-order valence-electron chi connectivity index (χ4n) is 2.14. The number of sulfonamides is 1. The van der Waals surface area contributed by atoms with E-state index < -0.39 is 10.0 Å². The van der Waals surface area contributed by atoms with Gasteiger partial charge in [-0.2, -0.15) is 0 Å². The Hall–Kier alpha value is -2.05. The second-order valence-corrected chi connectivity index (χ2v) is 6.51. The summed E-state index contributed by atoms with van der Waals surface area (Å²) in [7, 11) is -3.71. The molecule has 0 amide bonds. The van der Waals surface area contributed by atoms with Crippen molar-refractivity contribution >= 4 is 21.4 Å². The van der Waals surface area contributed by atoms with E-state index in [0.717, 1.165) is 0 Å². The van der Waals surface area contributed by atoms with Gasteiger partial charge in [-0.1, -0.05) is 18.2 Å². The Bertz CT molecular complexity index is 753. The molecule has 6 heteroatoms. The molecule has 0 radical (unpaired) electrons. The molecule has 4 N–H and O–H groups in total. The topological polar surface area (TPSA) is 92.4 Å². The first-order valence-electron chi connectivity index (χ1n) is 6.43. The molecule has 0 saturated heterocycles. The Balaban J connectivity index is 2.41. The average molecular weight is 306 g/mol. The van der Waals surface area contributed by atoms with Crippen LogP contribution in [0.1, 0.15) is 16.7 Å². The minimum Gasteiger partial charge on any atom is -0.398 e. The van der Waals surface area contributed by atoms with E-state index in [-0.39, 0.29) is 11.5 Å². The van der Waals surface area contributed by atoms with Crippen LogP contribution in [0.15, 0.2) is 41.3 Å². The molecule has 112 valence electrons. The van der Waals surface area contributed by atoms with Gasteiger partial charge < -0.3 is 10.8 Å². The van der Waals surface area contributed by atoms with Gasteiger partial charge in [0, 0.05) is 11.4 Å². The molecule has 0 aliphatic heterocycles. The van der Waals surface area contributed by atoms with Crippen molar-refractivity contribution in [1.82, 2.24) is 0 Å². The van der Waals surface area contributed by atoms with E-state index in [1.165, 1.54) is 0 Å². The van der Waals surface area contributed by atoms with Crippen LogP contribution in [-0.2, 0) is 16.6 Å². The number of aryl methyl sites for hydroxylation is 1. The van der Waals surface area contributed by atoms with Gasteiger partial charge in [0.05, 0.1) is 11.5 Å². The minimum atomic E-state index is -3.71. The summed E-state index contributed by atoms with van der Waals surface area (Å²) in [4.78, 5) is 0.203. The SMILES string of the molecule is Cc1ccc(N)c(C)c1S(=O)(=O)Nc1ccc(CO)cc1. The van der Waals surface area contributed by atoms with Gasteiger partial charge in [-0.25, -0.2) is 8.42 Å². The Kier molecular flexibility index (Phi) is 4.20. The molecule has 21 heavy (non-hydrogen) atoms. The molecule has 0 spiro atoms. The molecule has 0 saturated carbocycles. The summed E-state index contributed by atoms with van der Waals surface area (Å²) < 4.78 is 27.6. The maximum atomic E-state index is 12.5. The van der Waals surface area contributed by atoms with Crippen molar-refractivity contribution in [2.75, 3.05) is 10.5 Å². The lowest BCUT2D eigenvalue weighted by molar-refractivity contribution is 0.282. The summed E-state index contributed by atoms with van der Waals surface area (Å²) >= 11 is 0. The van der Waals surface area contributed by atoms with Crippen LogP contribution in [0.3, 0.4) is 0 Å². The molecule has 2 rings (SSSR count). The highest BCUT2D eigenvalue weighted by Gasteiger charge is 2.20. The van der Waals surface area contributed by atoms with Gasteiger partial charge in [0.15, 0.2) is 0 Å². The average Bonchev–Trinajstić information content (AvgIpc) is 2.43. The lowest BCUT2D eigenvalue weighted by atomic mass is 10.1. The number of hydrogen-bond acceptors (Lipinski definition) is 4. The molecule has 0 aliphatic carbocycles. The van der Waals surface area contributed by atoms with Crippen LogP contribution in [0.4, 0.5) is 11.4 Å². The van der Waals surface area contributed by atoms with E-state index in [0.29, 0.717) is 28.1 Å². The number of anilines is 2. The van der Waals surface area contributed by atoms with Crippen molar-refractivity contribution in [1.29, 1.82) is 0 Å². The molecule has 5 nitrogen and oxygen atoms in total. The third kappa shape index (κ3) is 3.17. The molecule has 0 aliphatic rings. The van der Waals surface area contributed by atoms with E-state index in [4.69, 9.17) is 10.8 Å². The molecule has 0 unspecified atom stereocenters. The van der Waals surface area contributed by atoms with Crippen molar-refractivity contribution in [3.05, 3.63) is 53.1 Å². The van der Waals surface area contributed by atoms with Gasteiger partial charge in [0.1, 0.15) is 0 Å². The third-order valence-corrected chi connectivity index (χ3v) is 4.97. The summed E-state index contributed by atoms with van der Waals surface area (Å²) in [6.45, 7) is 3.34.